The number of hydrogen-bond donors (Lipinski definition) is 1. The van der Waals surface area contributed by atoms with Gasteiger partial charge in [0.15, 0.2) is 0 Å². The molecule has 1 atom stereocenters. The van der Waals surface area contributed by atoms with Gasteiger partial charge in [-0.25, -0.2) is 0 Å². The van der Waals surface area contributed by atoms with Gasteiger partial charge < -0.3 is 10.5 Å². The van der Waals surface area contributed by atoms with Gasteiger partial charge in [-0.2, -0.15) is 0 Å². The monoisotopic (exact) mass is 207 g/mol. The highest BCUT2D eigenvalue weighted by atomic mass is 35.5. The van der Waals surface area contributed by atoms with Gasteiger partial charge in [0.25, 0.3) is 0 Å². The molecule has 0 unspecified atom stereocenters. The molecule has 4 heteroatoms. The van der Waals surface area contributed by atoms with E-state index in [9.17, 15) is 4.79 Å². The first-order chi connectivity index (χ1) is 5.75. The lowest BCUT2D eigenvalue weighted by Crippen LogP contribution is -2.39. The van der Waals surface area contributed by atoms with Gasteiger partial charge in [-0.3, -0.25) is 4.79 Å². The molecule has 3 nitrogen and oxygen atoms in total. The van der Waals surface area contributed by atoms with Crippen LogP contribution in [0, 0.1) is 5.92 Å². The number of rotatable bonds is 2. The van der Waals surface area contributed by atoms with Crippen molar-refractivity contribution in [3.63, 3.8) is 0 Å². The van der Waals surface area contributed by atoms with Gasteiger partial charge in [0.05, 0.1) is 7.11 Å². The van der Waals surface area contributed by atoms with Crippen LogP contribution in [-0.2, 0) is 9.53 Å². The second kappa shape index (κ2) is 6.22. The Morgan fingerprint density at radius 3 is 2.38 bits per heavy atom. The van der Waals surface area contributed by atoms with E-state index < -0.39 is 6.04 Å². The zero-order chi connectivity index (χ0) is 8.97. The van der Waals surface area contributed by atoms with Crippen molar-refractivity contribution in [1.82, 2.24) is 0 Å². The summed E-state index contributed by atoms with van der Waals surface area (Å²) >= 11 is 0. The van der Waals surface area contributed by atoms with Crippen molar-refractivity contribution in [2.45, 2.75) is 38.1 Å². The molecule has 0 aromatic heterocycles. The Bertz CT molecular complexity index is 158. The van der Waals surface area contributed by atoms with Crippen LogP contribution >= 0.6 is 12.4 Å². The Morgan fingerprint density at radius 1 is 1.38 bits per heavy atom. The topological polar surface area (TPSA) is 52.3 Å². The van der Waals surface area contributed by atoms with Crippen LogP contribution in [0.4, 0.5) is 0 Å². The van der Waals surface area contributed by atoms with E-state index in [1.165, 1.54) is 26.4 Å². The van der Waals surface area contributed by atoms with E-state index in [0.717, 1.165) is 12.8 Å². The second-order valence-corrected chi connectivity index (χ2v) is 3.45. The molecule has 0 saturated heterocycles. The predicted molar refractivity (Wildman–Crippen MR) is 53.8 cm³/mol. The summed E-state index contributed by atoms with van der Waals surface area (Å²) in [6, 6.07) is -0.393. The highest BCUT2D eigenvalue weighted by Crippen LogP contribution is 2.25. The zero-order valence-electron chi connectivity index (χ0n) is 7.99. The lowest BCUT2D eigenvalue weighted by molar-refractivity contribution is -0.143. The molecule has 0 amide bonds. The molecule has 1 fully saturated rings. The van der Waals surface area contributed by atoms with Crippen LogP contribution in [0.3, 0.4) is 0 Å². The van der Waals surface area contributed by atoms with Gasteiger partial charge in [-0.1, -0.05) is 19.3 Å². The van der Waals surface area contributed by atoms with Crippen molar-refractivity contribution in [2.24, 2.45) is 11.7 Å². The second-order valence-electron chi connectivity index (χ2n) is 3.45. The molecule has 0 aliphatic heterocycles. The smallest absolute Gasteiger partial charge is 0.322 e. The molecule has 0 aromatic rings. The maximum atomic E-state index is 11.1. The Morgan fingerprint density at radius 2 is 1.92 bits per heavy atom. The van der Waals surface area contributed by atoms with Gasteiger partial charge in [-0.05, 0) is 18.8 Å². The van der Waals surface area contributed by atoms with E-state index in [0.29, 0.717) is 5.92 Å². The largest absolute Gasteiger partial charge is 0.468 e. The van der Waals surface area contributed by atoms with Gasteiger partial charge in [0, 0.05) is 0 Å². The predicted octanol–water partition coefficient (Wildman–Crippen LogP) is 1.49. The maximum absolute atomic E-state index is 11.1. The SMILES string of the molecule is COC(=O)[C@@H](N)C1CCCCC1.Cl. The standard InChI is InChI=1S/C9H17NO2.ClH/c1-12-9(11)8(10)7-5-3-2-4-6-7;/h7-8H,2-6,10H2,1H3;1H/t8-;/m0./s1. The molecule has 13 heavy (non-hydrogen) atoms. The number of carbonyl (C=O) groups is 1. The third-order valence-electron chi connectivity index (χ3n) is 2.63. The van der Waals surface area contributed by atoms with Crippen LogP contribution in [0.5, 0.6) is 0 Å². The van der Waals surface area contributed by atoms with E-state index in [4.69, 9.17) is 5.73 Å². The summed E-state index contributed by atoms with van der Waals surface area (Å²) in [4.78, 5) is 11.1. The fourth-order valence-electron chi connectivity index (χ4n) is 1.82. The first kappa shape index (κ1) is 12.7. The number of esters is 1. The molecular weight excluding hydrogens is 190 g/mol. The summed E-state index contributed by atoms with van der Waals surface area (Å²) in [5.41, 5.74) is 5.73. The molecule has 1 rings (SSSR count). The van der Waals surface area contributed by atoms with Gasteiger partial charge in [0.1, 0.15) is 6.04 Å². The number of methoxy groups -OCH3 is 1. The first-order valence-corrected chi connectivity index (χ1v) is 4.59. The van der Waals surface area contributed by atoms with Crippen molar-refractivity contribution in [2.75, 3.05) is 7.11 Å². The summed E-state index contributed by atoms with van der Waals surface area (Å²) in [7, 11) is 1.39. The summed E-state index contributed by atoms with van der Waals surface area (Å²) in [5.74, 6) is 0.0908. The third-order valence-corrected chi connectivity index (χ3v) is 2.63. The minimum Gasteiger partial charge on any atom is -0.468 e. The number of ether oxygens (including phenoxy) is 1. The van der Waals surface area contributed by atoms with Crippen LogP contribution in [-0.4, -0.2) is 19.1 Å². The van der Waals surface area contributed by atoms with Crippen LogP contribution in [0.1, 0.15) is 32.1 Å². The number of carbonyl (C=O) groups excluding carboxylic acids is 1. The summed E-state index contributed by atoms with van der Waals surface area (Å²) in [6.45, 7) is 0. The summed E-state index contributed by atoms with van der Waals surface area (Å²) < 4.78 is 4.60. The lowest BCUT2D eigenvalue weighted by atomic mass is 9.84. The fraction of sp³-hybridized carbons (Fsp3) is 0.889. The van der Waals surface area contributed by atoms with Gasteiger partial charge in [-0.15, -0.1) is 12.4 Å². The quantitative estimate of drug-likeness (QED) is 0.699. The van der Waals surface area contributed by atoms with Crippen LogP contribution < -0.4 is 5.73 Å². The number of nitrogens with two attached hydrogens (primary N) is 1. The molecule has 0 heterocycles. The van der Waals surface area contributed by atoms with Crippen LogP contribution in [0.15, 0.2) is 0 Å². The zero-order valence-corrected chi connectivity index (χ0v) is 8.81. The van der Waals surface area contributed by atoms with Crippen LogP contribution in [0.25, 0.3) is 0 Å². The van der Waals surface area contributed by atoms with Crippen molar-refractivity contribution < 1.29 is 9.53 Å². The Balaban J connectivity index is 0.00000144. The van der Waals surface area contributed by atoms with E-state index >= 15 is 0 Å². The Labute approximate surface area is 85.4 Å². The van der Waals surface area contributed by atoms with Crippen molar-refractivity contribution in [3.8, 4) is 0 Å². The molecular formula is C9H18ClNO2. The molecule has 2 N–H and O–H groups in total. The van der Waals surface area contributed by atoms with Crippen molar-refractivity contribution in [1.29, 1.82) is 0 Å². The lowest BCUT2D eigenvalue weighted by Gasteiger charge is -2.25. The summed E-state index contributed by atoms with van der Waals surface area (Å²) in [6.07, 6.45) is 5.85. The minimum absolute atomic E-state index is 0. The van der Waals surface area contributed by atoms with Gasteiger partial charge >= 0.3 is 5.97 Å². The molecule has 0 spiro atoms. The fourth-order valence-corrected chi connectivity index (χ4v) is 1.82. The first-order valence-electron chi connectivity index (χ1n) is 4.59. The molecule has 1 aliphatic rings. The highest BCUT2D eigenvalue weighted by molar-refractivity contribution is 5.85. The minimum atomic E-state index is -0.393. The van der Waals surface area contributed by atoms with Crippen LogP contribution in [0.2, 0.25) is 0 Å². The number of halogens is 1. The van der Waals surface area contributed by atoms with E-state index in [2.05, 4.69) is 4.74 Å². The molecule has 0 bridgehead atoms. The van der Waals surface area contributed by atoms with E-state index in [-0.39, 0.29) is 18.4 Å². The summed E-state index contributed by atoms with van der Waals surface area (Å²) in [5, 5.41) is 0. The van der Waals surface area contributed by atoms with Crippen molar-refractivity contribution in [3.05, 3.63) is 0 Å². The molecule has 0 aromatic carbocycles. The molecule has 78 valence electrons. The third kappa shape index (κ3) is 3.53. The highest BCUT2D eigenvalue weighted by Gasteiger charge is 2.26. The average Bonchev–Trinajstić information content (AvgIpc) is 2.17. The van der Waals surface area contributed by atoms with E-state index in [1.54, 1.807) is 0 Å². The van der Waals surface area contributed by atoms with Gasteiger partial charge in [0.2, 0.25) is 0 Å². The Hall–Kier alpha value is -0.280. The van der Waals surface area contributed by atoms with E-state index in [1.807, 2.05) is 0 Å². The number of hydrogen-bond acceptors (Lipinski definition) is 3. The maximum Gasteiger partial charge on any atom is 0.322 e. The normalized spacial score (nSPS) is 20.2. The van der Waals surface area contributed by atoms with Crippen molar-refractivity contribution >= 4 is 18.4 Å². The molecule has 0 radical (unpaired) electrons. The molecule has 1 aliphatic carbocycles. The average molecular weight is 208 g/mol. The molecule has 1 saturated carbocycles. The Kier molecular flexibility index (Phi) is 6.08.